The van der Waals surface area contributed by atoms with Crippen molar-refractivity contribution in [1.29, 1.82) is 0 Å². The van der Waals surface area contributed by atoms with E-state index in [9.17, 15) is 4.79 Å². The molecule has 1 amide bonds. The molecule has 0 saturated carbocycles. The lowest BCUT2D eigenvalue weighted by molar-refractivity contribution is -0.114. The Morgan fingerprint density at radius 2 is 1.87 bits per heavy atom. The minimum absolute atomic E-state index is 0.172. The van der Waals surface area contributed by atoms with Gasteiger partial charge < -0.3 is 9.47 Å². The molecule has 4 rings (SSSR count). The SMILES string of the molecule is COc1cc(/C=C2\C(=O)N(c3ccccc3)N=C2C)cc(Br)c1OCc1ccccn1. The third kappa shape index (κ3) is 4.51. The highest BCUT2D eigenvalue weighted by Crippen LogP contribution is 2.38. The smallest absolute Gasteiger partial charge is 0.280 e. The molecule has 0 fully saturated rings. The third-order valence-electron chi connectivity index (χ3n) is 4.72. The first-order valence-electron chi connectivity index (χ1n) is 9.64. The van der Waals surface area contributed by atoms with Crippen LogP contribution in [0.25, 0.3) is 6.08 Å². The number of nitrogens with zero attached hydrogens (tertiary/aromatic N) is 3. The van der Waals surface area contributed by atoms with Crippen LogP contribution in [-0.2, 0) is 11.4 Å². The Balaban J connectivity index is 1.60. The zero-order chi connectivity index (χ0) is 21.8. The van der Waals surface area contributed by atoms with Gasteiger partial charge in [-0.25, -0.2) is 0 Å². The van der Waals surface area contributed by atoms with Crippen molar-refractivity contribution in [3.8, 4) is 11.5 Å². The summed E-state index contributed by atoms with van der Waals surface area (Å²) in [5, 5.41) is 5.83. The Morgan fingerprint density at radius 3 is 2.58 bits per heavy atom. The van der Waals surface area contributed by atoms with E-state index < -0.39 is 0 Å². The van der Waals surface area contributed by atoms with Gasteiger partial charge in [0.2, 0.25) is 0 Å². The fraction of sp³-hybridized carbons (Fsp3) is 0.125. The lowest BCUT2D eigenvalue weighted by Gasteiger charge is -2.14. The normalized spacial score (nSPS) is 14.7. The Hall–Kier alpha value is -3.45. The summed E-state index contributed by atoms with van der Waals surface area (Å²) in [7, 11) is 1.58. The van der Waals surface area contributed by atoms with Crippen molar-refractivity contribution in [2.45, 2.75) is 13.5 Å². The van der Waals surface area contributed by atoms with Crippen LogP contribution in [0.3, 0.4) is 0 Å². The first kappa shape index (κ1) is 20.8. The van der Waals surface area contributed by atoms with Gasteiger partial charge in [-0.15, -0.1) is 0 Å². The number of hydrogen-bond donors (Lipinski definition) is 0. The lowest BCUT2D eigenvalue weighted by Crippen LogP contribution is -2.21. The summed E-state index contributed by atoms with van der Waals surface area (Å²) >= 11 is 3.56. The number of aromatic nitrogens is 1. The van der Waals surface area contributed by atoms with E-state index in [4.69, 9.17) is 9.47 Å². The van der Waals surface area contributed by atoms with Crippen LogP contribution < -0.4 is 14.5 Å². The van der Waals surface area contributed by atoms with Gasteiger partial charge in [0.05, 0.1) is 34.2 Å². The van der Waals surface area contributed by atoms with Crippen molar-refractivity contribution in [1.82, 2.24) is 4.98 Å². The molecule has 1 aliphatic rings. The van der Waals surface area contributed by atoms with Gasteiger partial charge in [0, 0.05) is 6.20 Å². The molecule has 0 bridgehead atoms. The molecular formula is C24H20BrN3O3. The molecule has 2 aromatic carbocycles. The van der Waals surface area contributed by atoms with E-state index in [2.05, 4.69) is 26.0 Å². The van der Waals surface area contributed by atoms with E-state index in [1.165, 1.54) is 5.01 Å². The summed E-state index contributed by atoms with van der Waals surface area (Å²) in [5.74, 6) is 0.954. The van der Waals surface area contributed by atoms with Gasteiger partial charge in [0.15, 0.2) is 11.5 Å². The van der Waals surface area contributed by atoms with E-state index in [0.29, 0.717) is 29.4 Å². The number of carbonyl (C=O) groups excluding carboxylic acids is 1. The molecule has 0 saturated heterocycles. The van der Waals surface area contributed by atoms with Crippen LogP contribution in [0.15, 0.2) is 82.0 Å². The third-order valence-corrected chi connectivity index (χ3v) is 5.31. The topological polar surface area (TPSA) is 64.0 Å². The number of pyridine rings is 1. The Morgan fingerprint density at radius 1 is 1.10 bits per heavy atom. The van der Waals surface area contributed by atoms with Crippen LogP contribution in [0.5, 0.6) is 11.5 Å². The maximum absolute atomic E-state index is 13.0. The maximum atomic E-state index is 13.0. The van der Waals surface area contributed by atoms with Gasteiger partial charge in [-0.2, -0.15) is 10.1 Å². The number of hydrazone groups is 1. The van der Waals surface area contributed by atoms with Gasteiger partial charge in [0.25, 0.3) is 5.91 Å². The maximum Gasteiger partial charge on any atom is 0.280 e. The molecule has 31 heavy (non-hydrogen) atoms. The molecule has 7 heteroatoms. The second kappa shape index (κ2) is 9.14. The average molecular weight is 478 g/mol. The van der Waals surface area contributed by atoms with Crippen molar-refractivity contribution < 1.29 is 14.3 Å². The van der Waals surface area contributed by atoms with Crippen LogP contribution in [0, 0.1) is 0 Å². The fourth-order valence-electron chi connectivity index (χ4n) is 3.19. The molecule has 2 heterocycles. The van der Waals surface area contributed by atoms with E-state index in [-0.39, 0.29) is 5.91 Å². The molecule has 156 valence electrons. The monoisotopic (exact) mass is 477 g/mol. The number of anilines is 1. The Labute approximate surface area is 189 Å². The van der Waals surface area contributed by atoms with Crippen molar-refractivity contribution >= 4 is 39.3 Å². The van der Waals surface area contributed by atoms with Gasteiger partial charge >= 0.3 is 0 Å². The van der Waals surface area contributed by atoms with Crippen molar-refractivity contribution in [3.63, 3.8) is 0 Å². The molecule has 6 nitrogen and oxygen atoms in total. The number of carbonyl (C=O) groups is 1. The number of methoxy groups -OCH3 is 1. The van der Waals surface area contributed by atoms with E-state index in [1.54, 1.807) is 19.4 Å². The zero-order valence-electron chi connectivity index (χ0n) is 17.1. The highest BCUT2D eigenvalue weighted by Gasteiger charge is 2.28. The minimum Gasteiger partial charge on any atom is -0.493 e. The highest BCUT2D eigenvalue weighted by atomic mass is 79.9. The molecule has 0 unspecified atom stereocenters. The second-order valence-corrected chi connectivity index (χ2v) is 7.69. The molecular weight excluding hydrogens is 458 g/mol. The molecule has 3 aromatic rings. The van der Waals surface area contributed by atoms with Crippen LogP contribution in [0.4, 0.5) is 5.69 Å². The Bertz CT molecular complexity index is 1160. The number of halogens is 1. The van der Waals surface area contributed by atoms with Crippen molar-refractivity contribution in [3.05, 3.63) is 88.2 Å². The predicted octanol–water partition coefficient (Wildman–Crippen LogP) is 5.24. The number of benzene rings is 2. The molecule has 0 aliphatic carbocycles. The van der Waals surface area contributed by atoms with Crippen LogP contribution in [-0.4, -0.2) is 23.7 Å². The van der Waals surface area contributed by atoms with Crippen LogP contribution >= 0.6 is 15.9 Å². The minimum atomic E-state index is -0.172. The number of rotatable bonds is 6. The summed E-state index contributed by atoms with van der Waals surface area (Å²) in [6.45, 7) is 2.13. The first-order valence-corrected chi connectivity index (χ1v) is 10.4. The molecule has 1 aliphatic heterocycles. The van der Waals surface area contributed by atoms with Gasteiger partial charge in [-0.1, -0.05) is 24.3 Å². The fourth-order valence-corrected chi connectivity index (χ4v) is 3.76. The molecule has 0 N–H and O–H groups in total. The number of ether oxygens (including phenoxy) is 2. The number of amides is 1. The standard InChI is InChI=1S/C24H20BrN3O3/c1-16-20(24(29)28(27-16)19-9-4-3-5-10-19)12-17-13-21(25)23(22(14-17)30-2)31-15-18-8-6-7-11-26-18/h3-14H,15H2,1-2H3/b20-12-. The van der Waals surface area contributed by atoms with E-state index in [1.807, 2.05) is 67.6 Å². The summed E-state index contributed by atoms with van der Waals surface area (Å²) in [6.07, 6.45) is 3.53. The quantitative estimate of drug-likeness (QED) is 0.455. The molecule has 0 spiro atoms. The summed E-state index contributed by atoms with van der Waals surface area (Å²) in [5.41, 5.74) is 3.51. The zero-order valence-corrected chi connectivity index (χ0v) is 18.7. The Kier molecular flexibility index (Phi) is 6.13. The number of para-hydroxylation sites is 1. The van der Waals surface area contributed by atoms with Crippen LogP contribution in [0.2, 0.25) is 0 Å². The van der Waals surface area contributed by atoms with E-state index in [0.717, 1.165) is 21.4 Å². The highest BCUT2D eigenvalue weighted by molar-refractivity contribution is 9.10. The molecule has 0 radical (unpaired) electrons. The average Bonchev–Trinajstić information content (AvgIpc) is 3.07. The van der Waals surface area contributed by atoms with Gasteiger partial charge in [-0.3, -0.25) is 9.78 Å². The van der Waals surface area contributed by atoms with Gasteiger partial charge in [-0.05, 0) is 70.9 Å². The predicted molar refractivity (Wildman–Crippen MR) is 124 cm³/mol. The van der Waals surface area contributed by atoms with Gasteiger partial charge in [0.1, 0.15) is 6.61 Å². The van der Waals surface area contributed by atoms with E-state index >= 15 is 0 Å². The van der Waals surface area contributed by atoms with Crippen molar-refractivity contribution in [2.24, 2.45) is 5.10 Å². The first-order chi connectivity index (χ1) is 15.1. The molecule has 0 atom stereocenters. The number of hydrogen-bond acceptors (Lipinski definition) is 5. The summed E-state index contributed by atoms with van der Waals surface area (Å²) < 4.78 is 12.2. The lowest BCUT2D eigenvalue weighted by atomic mass is 10.1. The van der Waals surface area contributed by atoms with Crippen molar-refractivity contribution in [2.75, 3.05) is 12.1 Å². The molecule has 1 aromatic heterocycles. The summed E-state index contributed by atoms with van der Waals surface area (Å²) in [4.78, 5) is 17.2. The van der Waals surface area contributed by atoms with Crippen LogP contribution in [0.1, 0.15) is 18.2 Å². The largest absolute Gasteiger partial charge is 0.493 e. The second-order valence-electron chi connectivity index (χ2n) is 6.84. The summed E-state index contributed by atoms with van der Waals surface area (Å²) in [6, 6.07) is 18.7.